The van der Waals surface area contributed by atoms with Crippen molar-refractivity contribution < 1.29 is 32.6 Å². The fourth-order valence-corrected chi connectivity index (χ4v) is 6.93. The number of nitrogens with zero attached hydrogens (tertiary/aromatic N) is 7. The Hall–Kier alpha value is -4.51. The number of carbonyl (C=O) groups is 2. The molecule has 3 aromatic rings. The number of alkyl halides is 3. The molecule has 11 nitrogen and oxygen atoms in total. The van der Waals surface area contributed by atoms with Gasteiger partial charge in [0.1, 0.15) is 12.4 Å². The minimum atomic E-state index is -4.98. The standard InChI is InChI=1S/C31H31ClF3N7O4/c32-23-7-1-4-19-5-2-8-25(26(19)23)39-13-10-22-24(17-39)37-29(46-18-21-6-3-12-41(21)28(43)31(33,34)35)38-27(22)40-14-15-42(30(44)45)20(16-40)9-11-36/h1-2,4-5,7-8,20-21H,3,6,9-10,12-18H2,(H,44,45). The topological polar surface area (TPSA) is 126 Å². The Morgan fingerprint density at radius 3 is 2.57 bits per heavy atom. The number of carbonyl (C=O) groups excluding carboxylic acids is 1. The lowest BCUT2D eigenvalue weighted by Gasteiger charge is -2.41. The van der Waals surface area contributed by atoms with Gasteiger partial charge in [0.15, 0.2) is 0 Å². The zero-order valence-electron chi connectivity index (χ0n) is 24.7. The molecule has 0 bridgehead atoms. The highest BCUT2D eigenvalue weighted by atomic mass is 35.5. The van der Waals surface area contributed by atoms with Crippen molar-refractivity contribution in [3.8, 4) is 12.1 Å². The molecule has 1 N–H and O–H groups in total. The van der Waals surface area contributed by atoms with Crippen LogP contribution < -0.4 is 14.5 Å². The van der Waals surface area contributed by atoms with E-state index >= 15 is 0 Å². The van der Waals surface area contributed by atoms with E-state index in [2.05, 4.69) is 11.0 Å². The highest BCUT2D eigenvalue weighted by Crippen LogP contribution is 2.37. The third-order valence-corrected chi connectivity index (χ3v) is 9.15. The van der Waals surface area contributed by atoms with Crippen LogP contribution in [0.2, 0.25) is 5.02 Å². The number of fused-ring (bicyclic) bond motifs is 2. The average Bonchev–Trinajstić information content (AvgIpc) is 3.50. The Morgan fingerprint density at radius 2 is 1.83 bits per heavy atom. The molecule has 1 aromatic heterocycles. The maximum Gasteiger partial charge on any atom is 0.471 e. The molecule has 4 heterocycles. The maximum atomic E-state index is 13.2. The summed E-state index contributed by atoms with van der Waals surface area (Å²) in [6, 6.07) is 12.3. The molecule has 46 heavy (non-hydrogen) atoms. The molecule has 3 aliphatic rings. The average molecular weight is 658 g/mol. The normalized spacial score (nSPS) is 20.1. The second-order valence-electron chi connectivity index (χ2n) is 11.6. The summed E-state index contributed by atoms with van der Waals surface area (Å²) in [5.74, 6) is -1.35. The highest BCUT2D eigenvalue weighted by Gasteiger charge is 2.46. The third kappa shape index (κ3) is 6.16. The molecule has 0 saturated carbocycles. The minimum Gasteiger partial charge on any atom is -0.465 e. The molecule has 3 aliphatic heterocycles. The first-order chi connectivity index (χ1) is 22.0. The number of anilines is 2. The molecule has 2 amide bonds. The van der Waals surface area contributed by atoms with Crippen LogP contribution >= 0.6 is 11.6 Å². The molecule has 242 valence electrons. The number of likely N-dealkylation sites (tertiary alicyclic amines) is 1. The van der Waals surface area contributed by atoms with Crippen LogP contribution in [0.15, 0.2) is 36.4 Å². The molecular weight excluding hydrogens is 627 g/mol. The van der Waals surface area contributed by atoms with Gasteiger partial charge < -0.3 is 29.4 Å². The van der Waals surface area contributed by atoms with E-state index in [1.165, 1.54) is 4.90 Å². The van der Waals surface area contributed by atoms with Crippen LogP contribution in [0.4, 0.5) is 29.5 Å². The van der Waals surface area contributed by atoms with E-state index in [1.807, 2.05) is 41.3 Å². The quantitative estimate of drug-likeness (QED) is 0.396. The molecule has 0 radical (unpaired) electrons. The van der Waals surface area contributed by atoms with E-state index < -0.39 is 30.3 Å². The molecule has 15 heteroatoms. The zero-order valence-corrected chi connectivity index (χ0v) is 25.5. The van der Waals surface area contributed by atoms with Crippen LogP contribution in [0.25, 0.3) is 10.8 Å². The van der Waals surface area contributed by atoms with Crippen LogP contribution in [0.1, 0.15) is 30.5 Å². The first-order valence-electron chi connectivity index (χ1n) is 15.0. The van der Waals surface area contributed by atoms with Crippen molar-refractivity contribution in [1.82, 2.24) is 19.8 Å². The summed E-state index contributed by atoms with van der Waals surface area (Å²) in [7, 11) is 0. The second-order valence-corrected chi connectivity index (χ2v) is 12.0. The maximum absolute atomic E-state index is 13.2. The number of hydrogen-bond donors (Lipinski definition) is 1. The number of rotatable bonds is 6. The molecule has 2 fully saturated rings. The van der Waals surface area contributed by atoms with Gasteiger partial charge in [0.25, 0.3) is 0 Å². The number of ether oxygens (including phenoxy) is 1. The van der Waals surface area contributed by atoms with Crippen molar-refractivity contribution in [2.75, 3.05) is 49.1 Å². The first kappa shape index (κ1) is 31.5. The number of benzene rings is 2. The van der Waals surface area contributed by atoms with Crippen LogP contribution in [-0.4, -0.2) is 94.5 Å². The summed E-state index contributed by atoms with van der Waals surface area (Å²) in [6.07, 6.45) is -4.77. The Morgan fingerprint density at radius 1 is 1.04 bits per heavy atom. The fourth-order valence-electron chi connectivity index (χ4n) is 6.65. The number of aromatic nitrogens is 2. The van der Waals surface area contributed by atoms with Gasteiger partial charge in [-0.25, -0.2) is 4.79 Å². The first-order valence-corrected chi connectivity index (χ1v) is 15.4. The van der Waals surface area contributed by atoms with Crippen molar-refractivity contribution in [2.45, 2.75) is 50.5 Å². The van der Waals surface area contributed by atoms with Crippen molar-refractivity contribution in [3.63, 3.8) is 0 Å². The lowest BCUT2D eigenvalue weighted by molar-refractivity contribution is -0.186. The van der Waals surface area contributed by atoms with Crippen LogP contribution in [0.5, 0.6) is 6.01 Å². The number of amides is 2. The van der Waals surface area contributed by atoms with E-state index in [-0.39, 0.29) is 38.7 Å². The van der Waals surface area contributed by atoms with E-state index in [0.717, 1.165) is 26.9 Å². The highest BCUT2D eigenvalue weighted by molar-refractivity contribution is 6.36. The molecule has 0 spiro atoms. The largest absolute Gasteiger partial charge is 0.471 e. The Kier molecular flexibility index (Phi) is 8.69. The van der Waals surface area contributed by atoms with E-state index in [4.69, 9.17) is 26.3 Å². The molecule has 2 atom stereocenters. The van der Waals surface area contributed by atoms with Crippen molar-refractivity contribution in [1.29, 1.82) is 5.26 Å². The monoisotopic (exact) mass is 657 g/mol. The number of piperazine rings is 1. The summed E-state index contributed by atoms with van der Waals surface area (Å²) in [5, 5.41) is 21.6. The van der Waals surface area contributed by atoms with Crippen molar-refractivity contribution >= 4 is 45.9 Å². The van der Waals surface area contributed by atoms with Gasteiger partial charge in [-0.15, -0.1) is 0 Å². The predicted molar refractivity (Wildman–Crippen MR) is 163 cm³/mol. The third-order valence-electron chi connectivity index (χ3n) is 8.84. The molecule has 0 aliphatic carbocycles. The number of halogens is 4. The lowest BCUT2D eigenvalue weighted by atomic mass is 10.0. The fraction of sp³-hybridized carbons (Fsp3) is 0.452. The summed E-state index contributed by atoms with van der Waals surface area (Å²) in [4.78, 5) is 39.4. The summed E-state index contributed by atoms with van der Waals surface area (Å²) >= 11 is 6.63. The van der Waals surface area contributed by atoms with Gasteiger partial charge in [-0.05, 0) is 36.8 Å². The number of hydrogen-bond acceptors (Lipinski definition) is 8. The number of carboxylic acid groups (broad SMARTS) is 1. The lowest BCUT2D eigenvalue weighted by Crippen LogP contribution is -2.55. The minimum absolute atomic E-state index is 0.000200. The zero-order chi connectivity index (χ0) is 32.6. The van der Waals surface area contributed by atoms with Gasteiger partial charge in [-0.2, -0.15) is 28.4 Å². The van der Waals surface area contributed by atoms with Gasteiger partial charge in [0.2, 0.25) is 0 Å². The van der Waals surface area contributed by atoms with E-state index in [9.17, 15) is 33.1 Å². The van der Waals surface area contributed by atoms with Crippen LogP contribution in [0.3, 0.4) is 0 Å². The van der Waals surface area contributed by atoms with Crippen molar-refractivity contribution in [3.05, 3.63) is 52.7 Å². The molecule has 6 rings (SSSR count). The van der Waals surface area contributed by atoms with E-state index in [0.29, 0.717) is 55.4 Å². The van der Waals surface area contributed by atoms with Gasteiger partial charge in [0, 0.05) is 49.4 Å². The van der Waals surface area contributed by atoms with Crippen LogP contribution in [0, 0.1) is 11.3 Å². The number of nitriles is 1. The summed E-state index contributed by atoms with van der Waals surface area (Å²) in [5.41, 5.74) is 2.43. The summed E-state index contributed by atoms with van der Waals surface area (Å²) < 4.78 is 45.6. The Bertz CT molecular complexity index is 1700. The molecular formula is C31H31ClF3N7O4. The van der Waals surface area contributed by atoms with Gasteiger partial charge in [-0.1, -0.05) is 35.9 Å². The predicted octanol–water partition coefficient (Wildman–Crippen LogP) is 4.86. The Labute approximate surface area is 267 Å². The smallest absolute Gasteiger partial charge is 0.465 e. The molecule has 2 unspecified atom stereocenters. The second kappa shape index (κ2) is 12.7. The Balaban J connectivity index is 1.33. The van der Waals surface area contributed by atoms with Gasteiger partial charge in [-0.3, -0.25) is 4.79 Å². The van der Waals surface area contributed by atoms with Crippen LogP contribution in [-0.2, 0) is 17.8 Å². The van der Waals surface area contributed by atoms with Crippen molar-refractivity contribution in [2.24, 2.45) is 0 Å². The van der Waals surface area contributed by atoms with E-state index in [1.54, 1.807) is 0 Å². The van der Waals surface area contributed by atoms with Gasteiger partial charge >= 0.3 is 24.2 Å². The SMILES string of the molecule is N#CCC1CN(c2nc(OCC3CCCN3C(=O)C(F)(F)F)nc3c2CCN(c2cccc4cccc(Cl)c24)C3)CCN1C(=O)O. The summed E-state index contributed by atoms with van der Waals surface area (Å²) in [6.45, 7) is 1.45. The molecule has 2 saturated heterocycles. The van der Waals surface area contributed by atoms with Gasteiger partial charge in [0.05, 0.1) is 41.8 Å². The molecule has 2 aromatic carbocycles.